The molecule has 5 heteroatoms. The fraction of sp³-hybridized carbons (Fsp3) is 0.389. The van der Waals surface area contributed by atoms with Gasteiger partial charge in [0.2, 0.25) is 0 Å². The monoisotopic (exact) mass is 334 g/mol. The van der Waals surface area contributed by atoms with E-state index in [9.17, 15) is 4.79 Å². The Hall–Kier alpha value is -1.78. The van der Waals surface area contributed by atoms with E-state index in [0.717, 1.165) is 30.6 Å². The van der Waals surface area contributed by atoms with Crippen molar-refractivity contribution in [2.24, 2.45) is 11.1 Å². The third-order valence-corrected chi connectivity index (χ3v) is 4.49. The first-order valence-corrected chi connectivity index (χ1v) is 7.69. The molecule has 4 nitrogen and oxygen atoms in total. The number of benzene rings is 2. The van der Waals surface area contributed by atoms with Gasteiger partial charge in [-0.3, -0.25) is 4.79 Å². The van der Waals surface area contributed by atoms with Gasteiger partial charge in [0.25, 0.3) is 5.91 Å². The van der Waals surface area contributed by atoms with Crippen LogP contribution < -0.4 is 10.5 Å². The van der Waals surface area contributed by atoms with Gasteiger partial charge in [-0.05, 0) is 41.3 Å². The van der Waals surface area contributed by atoms with Gasteiger partial charge in [0.15, 0.2) is 6.61 Å². The first-order valence-electron chi connectivity index (χ1n) is 7.69. The first kappa shape index (κ1) is 17.6. The standard InChI is InChI=1S/C18H22N2O2.ClH/c1-18(12-19)8-9-20(13-18)17(21)11-22-16-7-6-14-4-2-3-5-15(14)10-16;/h2-7,10H,8-9,11-13,19H2,1H3;1H. The Morgan fingerprint density at radius 3 is 2.70 bits per heavy atom. The molecular formula is C18H23ClN2O2. The van der Waals surface area contributed by atoms with Gasteiger partial charge in [-0.2, -0.15) is 0 Å². The molecule has 0 bridgehead atoms. The summed E-state index contributed by atoms with van der Waals surface area (Å²) in [5.74, 6) is 0.762. The van der Waals surface area contributed by atoms with Gasteiger partial charge in [-0.15, -0.1) is 12.4 Å². The fourth-order valence-electron chi connectivity index (χ4n) is 2.90. The van der Waals surface area contributed by atoms with Crippen molar-refractivity contribution in [2.75, 3.05) is 26.2 Å². The molecule has 1 unspecified atom stereocenters. The highest BCUT2D eigenvalue weighted by atomic mass is 35.5. The summed E-state index contributed by atoms with van der Waals surface area (Å²) in [7, 11) is 0. The molecule has 1 heterocycles. The lowest BCUT2D eigenvalue weighted by atomic mass is 9.90. The third kappa shape index (κ3) is 3.95. The van der Waals surface area contributed by atoms with Crippen LogP contribution in [0.4, 0.5) is 0 Å². The van der Waals surface area contributed by atoms with Crippen molar-refractivity contribution in [1.29, 1.82) is 0 Å². The molecular weight excluding hydrogens is 312 g/mol. The van der Waals surface area contributed by atoms with Crippen molar-refractivity contribution in [1.82, 2.24) is 4.90 Å². The van der Waals surface area contributed by atoms with Gasteiger partial charge >= 0.3 is 0 Å². The van der Waals surface area contributed by atoms with Crippen LogP contribution in [0.5, 0.6) is 5.75 Å². The van der Waals surface area contributed by atoms with Crippen LogP contribution in [-0.4, -0.2) is 37.0 Å². The van der Waals surface area contributed by atoms with Crippen molar-refractivity contribution in [2.45, 2.75) is 13.3 Å². The third-order valence-electron chi connectivity index (χ3n) is 4.49. The van der Waals surface area contributed by atoms with E-state index in [2.05, 4.69) is 13.0 Å². The molecule has 3 rings (SSSR count). The number of nitrogens with two attached hydrogens (primary N) is 1. The summed E-state index contributed by atoms with van der Waals surface area (Å²) < 4.78 is 5.67. The van der Waals surface area contributed by atoms with Crippen LogP contribution in [0.25, 0.3) is 10.8 Å². The number of rotatable bonds is 4. The van der Waals surface area contributed by atoms with Crippen LogP contribution in [0.3, 0.4) is 0 Å². The van der Waals surface area contributed by atoms with Gasteiger partial charge in [0.1, 0.15) is 5.75 Å². The molecule has 1 saturated heterocycles. The molecule has 2 N–H and O–H groups in total. The van der Waals surface area contributed by atoms with Crippen molar-refractivity contribution in [3.05, 3.63) is 42.5 Å². The molecule has 0 saturated carbocycles. The van der Waals surface area contributed by atoms with E-state index in [0.29, 0.717) is 6.54 Å². The number of hydrogen-bond acceptors (Lipinski definition) is 3. The molecule has 1 aliphatic rings. The lowest BCUT2D eigenvalue weighted by molar-refractivity contribution is -0.132. The van der Waals surface area contributed by atoms with Gasteiger partial charge in [-0.25, -0.2) is 0 Å². The Balaban J connectivity index is 0.00000192. The van der Waals surface area contributed by atoms with Crippen molar-refractivity contribution < 1.29 is 9.53 Å². The summed E-state index contributed by atoms with van der Waals surface area (Å²) in [5, 5.41) is 2.28. The summed E-state index contributed by atoms with van der Waals surface area (Å²) in [4.78, 5) is 14.1. The predicted octanol–water partition coefficient (Wildman–Crippen LogP) is 2.84. The highest BCUT2D eigenvalue weighted by Crippen LogP contribution is 2.28. The number of likely N-dealkylation sites (tertiary alicyclic amines) is 1. The smallest absolute Gasteiger partial charge is 0.260 e. The summed E-state index contributed by atoms with van der Waals surface area (Å²) in [6, 6.07) is 14.0. The largest absolute Gasteiger partial charge is 0.484 e. The Bertz CT molecular complexity index is 692. The molecule has 1 aliphatic heterocycles. The quantitative estimate of drug-likeness (QED) is 0.935. The minimum absolute atomic E-state index is 0. The summed E-state index contributed by atoms with van der Waals surface area (Å²) in [5.41, 5.74) is 5.83. The Morgan fingerprint density at radius 2 is 2.00 bits per heavy atom. The van der Waals surface area contributed by atoms with Crippen molar-refractivity contribution >= 4 is 29.1 Å². The minimum Gasteiger partial charge on any atom is -0.484 e. The van der Waals surface area contributed by atoms with Crippen LogP contribution in [-0.2, 0) is 4.79 Å². The molecule has 124 valence electrons. The Kier molecular flexibility index (Phi) is 5.50. The molecule has 2 aromatic carbocycles. The highest BCUT2D eigenvalue weighted by Gasteiger charge is 2.34. The number of amides is 1. The highest BCUT2D eigenvalue weighted by molar-refractivity contribution is 5.85. The Morgan fingerprint density at radius 1 is 1.26 bits per heavy atom. The van der Waals surface area contributed by atoms with Crippen LogP contribution in [0.15, 0.2) is 42.5 Å². The summed E-state index contributed by atoms with van der Waals surface area (Å²) in [6.07, 6.45) is 0.964. The van der Waals surface area contributed by atoms with E-state index in [1.165, 1.54) is 5.39 Å². The zero-order valence-electron chi connectivity index (χ0n) is 13.3. The number of fused-ring (bicyclic) bond motifs is 1. The number of hydrogen-bond donors (Lipinski definition) is 1. The van der Waals surface area contributed by atoms with E-state index in [4.69, 9.17) is 10.5 Å². The van der Waals surface area contributed by atoms with E-state index in [1.54, 1.807) is 0 Å². The van der Waals surface area contributed by atoms with Crippen LogP contribution in [0.2, 0.25) is 0 Å². The van der Waals surface area contributed by atoms with Crippen LogP contribution >= 0.6 is 12.4 Å². The molecule has 1 atom stereocenters. The van der Waals surface area contributed by atoms with Crippen molar-refractivity contribution in [3.63, 3.8) is 0 Å². The molecule has 0 aliphatic carbocycles. The van der Waals surface area contributed by atoms with Gasteiger partial charge in [-0.1, -0.05) is 37.3 Å². The topological polar surface area (TPSA) is 55.6 Å². The molecule has 0 radical (unpaired) electrons. The normalized spacial score (nSPS) is 20.3. The number of nitrogens with zero attached hydrogens (tertiary/aromatic N) is 1. The second-order valence-corrected chi connectivity index (χ2v) is 6.38. The predicted molar refractivity (Wildman–Crippen MR) is 95.0 cm³/mol. The Labute approximate surface area is 143 Å². The van der Waals surface area contributed by atoms with E-state index in [-0.39, 0.29) is 30.3 Å². The molecule has 23 heavy (non-hydrogen) atoms. The maximum absolute atomic E-state index is 12.2. The summed E-state index contributed by atoms with van der Waals surface area (Å²) in [6.45, 7) is 4.32. The lowest BCUT2D eigenvalue weighted by Gasteiger charge is -2.22. The molecule has 1 fully saturated rings. The average Bonchev–Trinajstić information content (AvgIpc) is 2.95. The lowest BCUT2D eigenvalue weighted by Crippen LogP contribution is -2.36. The van der Waals surface area contributed by atoms with Gasteiger partial charge in [0.05, 0.1) is 0 Å². The molecule has 2 aromatic rings. The molecule has 0 spiro atoms. The minimum atomic E-state index is 0. The van der Waals surface area contributed by atoms with Gasteiger partial charge in [0, 0.05) is 13.1 Å². The number of carbonyl (C=O) groups excluding carboxylic acids is 1. The van der Waals surface area contributed by atoms with Gasteiger partial charge < -0.3 is 15.4 Å². The van der Waals surface area contributed by atoms with E-state index in [1.807, 2.05) is 41.3 Å². The van der Waals surface area contributed by atoms with E-state index >= 15 is 0 Å². The van der Waals surface area contributed by atoms with Crippen LogP contribution in [0, 0.1) is 5.41 Å². The van der Waals surface area contributed by atoms with Crippen molar-refractivity contribution in [3.8, 4) is 5.75 Å². The number of halogens is 1. The first-order chi connectivity index (χ1) is 10.6. The van der Waals surface area contributed by atoms with Crippen LogP contribution in [0.1, 0.15) is 13.3 Å². The summed E-state index contributed by atoms with van der Waals surface area (Å²) >= 11 is 0. The molecule has 0 aromatic heterocycles. The number of carbonyl (C=O) groups is 1. The SMILES string of the molecule is CC1(CN)CCN(C(=O)COc2ccc3ccccc3c2)C1.Cl. The average molecular weight is 335 g/mol. The maximum atomic E-state index is 12.2. The fourth-order valence-corrected chi connectivity index (χ4v) is 2.90. The number of ether oxygens (including phenoxy) is 1. The molecule has 1 amide bonds. The maximum Gasteiger partial charge on any atom is 0.260 e. The zero-order chi connectivity index (χ0) is 15.6. The second-order valence-electron chi connectivity index (χ2n) is 6.38. The van der Waals surface area contributed by atoms with E-state index < -0.39 is 0 Å². The second kappa shape index (κ2) is 7.20. The zero-order valence-corrected chi connectivity index (χ0v) is 14.1.